The maximum Gasteiger partial charge on any atom is 0.323 e. The molecule has 0 radical (unpaired) electrons. The molecule has 0 spiro atoms. The fourth-order valence-electron chi connectivity index (χ4n) is 1.77. The standard InChI is InChI=1S/C16H14ClNO5/c1-10(19)14(8-18-15(20)11-6-7-22-9-11)16(21)23-13-4-2-12(17)3-5-13/h2-7,9,14H,8H2,1H3,(H,18,20). The van der Waals surface area contributed by atoms with Crippen LogP contribution >= 0.6 is 11.6 Å². The highest BCUT2D eigenvalue weighted by Gasteiger charge is 2.26. The highest BCUT2D eigenvalue weighted by Crippen LogP contribution is 2.17. The number of hydrogen-bond acceptors (Lipinski definition) is 5. The van der Waals surface area contributed by atoms with Gasteiger partial charge in [-0.3, -0.25) is 14.4 Å². The first-order valence-electron chi connectivity index (χ1n) is 6.75. The number of furan rings is 1. The Balaban J connectivity index is 1.97. The van der Waals surface area contributed by atoms with Crippen LogP contribution in [0, 0.1) is 5.92 Å². The minimum atomic E-state index is -1.10. The van der Waals surface area contributed by atoms with Crippen LogP contribution in [0.1, 0.15) is 17.3 Å². The summed E-state index contributed by atoms with van der Waals surface area (Å²) in [6.45, 7) is 1.10. The minimum Gasteiger partial charge on any atom is -0.472 e. The second kappa shape index (κ2) is 7.60. The van der Waals surface area contributed by atoms with Crippen molar-refractivity contribution in [1.29, 1.82) is 0 Å². The van der Waals surface area contributed by atoms with E-state index < -0.39 is 23.6 Å². The van der Waals surface area contributed by atoms with Crippen LogP contribution < -0.4 is 10.1 Å². The fraction of sp³-hybridized carbons (Fsp3) is 0.188. The molecular formula is C16H14ClNO5. The summed E-state index contributed by atoms with van der Waals surface area (Å²) in [4.78, 5) is 35.5. The number of halogens is 1. The molecular weight excluding hydrogens is 322 g/mol. The summed E-state index contributed by atoms with van der Waals surface area (Å²) in [6.07, 6.45) is 2.62. The van der Waals surface area contributed by atoms with Crippen LogP contribution in [0.15, 0.2) is 47.3 Å². The molecule has 0 aliphatic rings. The highest BCUT2D eigenvalue weighted by molar-refractivity contribution is 6.30. The van der Waals surface area contributed by atoms with E-state index in [9.17, 15) is 14.4 Å². The molecule has 1 unspecified atom stereocenters. The lowest BCUT2D eigenvalue weighted by atomic mass is 10.1. The Kier molecular flexibility index (Phi) is 5.54. The summed E-state index contributed by atoms with van der Waals surface area (Å²) in [5.74, 6) is -2.42. The van der Waals surface area contributed by atoms with Gasteiger partial charge in [-0.25, -0.2) is 0 Å². The van der Waals surface area contributed by atoms with E-state index in [1.54, 1.807) is 12.1 Å². The van der Waals surface area contributed by atoms with E-state index >= 15 is 0 Å². The Labute approximate surface area is 137 Å². The Morgan fingerprint density at radius 2 is 1.91 bits per heavy atom. The molecule has 0 aliphatic heterocycles. The van der Waals surface area contributed by atoms with E-state index in [4.69, 9.17) is 20.8 Å². The number of nitrogens with one attached hydrogen (secondary N) is 1. The van der Waals surface area contributed by atoms with Crippen LogP contribution in [0.3, 0.4) is 0 Å². The Hall–Kier alpha value is -2.60. The number of carbonyl (C=O) groups excluding carboxylic acids is 3. The van der Waals surface area contributed by atoms with E-state index in [2.05, 4.69) is 5.32 Å². The fourth-order valence-corrected chi connectivity index (χ4v) is 1.90. The average Bonchev–Trinajstić information content (AvgIpc) is 3.03. The van der Waals surface area contributed by atoms with Crippen LogP contribution in [0.4, 0.5) is 0 Å². The lowest BCUT2D eigenvalue weighted by molar-refractivity contribution is -0.143. The third-order valence-electron chi connectivity index (χ3n) is 3.06. The zero-order valence-electron chi connectivity index (χ0n) is 12.2. The topological polar surface area (TPSA) is 85.6 Å². The maximum atomic E-state index is 12.1. The molecule has 0 saturated carbocycles. The van der Waals surface area contributed by atoms with Gasteiger partial charge in [0, 0.05) is 11.6 Å². The molecule has 7 heteroatoms. The molecule has 120 valence electrons. The van der Waals surface area contributed by atoms with Gasteiger partial charge in [-0.2, -0.15) is 0 Å². The monoisotopic (exact) mass is 335 g/mol. The van der Waals surface area contributed by atoms with Crippen molar-refractivity contribution < 1.29 is 23.5 Å². The number of rotatable bonds is 6. The predicted molar refractivity (Wildman–Crippen MR) is 82.3 cm³/mol. The summed E-state index contributed by atoms with van der Waals surface area (Å²) in [5, 5.41) is 3.00. The number of benzene rings is 1. The van der Waals surface area contributed by atoms with E-state index in [1.165, 1.54) is 37.6 Å². The molecule has 2 aromatic rings. The number of esters is 1. The summed E-state index contributed by atoms with van der Waals surface area (Å²) in [5.41, 5.74) is 0.304. The minimum absolute atomic E-state index is 0.161. The van der Waals surface area contributed by atoms with Gasteiger partial charge in [-0.1, -0.05) is 11.6 Å². The SMILES string of the molecule is CC(=O)C(CNC(=O)c1ccoc1)C(=O)Oc1ccc(Cl)cc1. The van der Waals surface area contributed by atoms with E-state index in [-0.39, 0.29) is 12.3 Å². The third kappa shape index (κ3) is 4.69. The first-order chi connectivity index (χ1) is 11.0. The number of Topliss-reactive ketones (excluding diaryl/α,β-unsaturated/α-hetero) is 1. The average molecular weight is 336 g/mol. The largest absolute Gasteiger partial charge is 0.472 e. The molecule has 1 heterocycles. The molecule has 1 amide bonds. The molecule has 6 nitrogen and oxygen atoms in total. The van der Waals surface area contributed by atoms with Crippen molar-refractivity contribution in [3.63, 3.8) is 0 Å². The van der Waals surface area contributed by atoms with E-state index in [0.29, 0.717) is 10.6 Å². The molecule has 0 saturated heterocycles. The van der Waals surface area contributed by atoms with Crippen LogP contribution in [-0.2, 0) is 9.59 Å². The molecule has 1 aromatic heterocycles. The number of ketones is 1. The molecule has 1 aromatic carbocycles. The second-order valence-electron chi connectivity index (χ2n) is 4.76. The number of hydrogen-bond donors (Lipinski definition) is 1. The zero-order chi connectivity index (χ0) is 16.8. The third-order valence-corrected chi connectivity index (χ3v) is 3.31. The summed E-state index contributed by atoms with van der Waals surface area (Å²) < 4.78 is 9.92. The van der Waals surface area contributed by atoms with Crippen molar-refractivity contribution >= 4 is 29.3 Å². The summed E-state index contributed by atoms with van der Waals surface area (Å²) >= 11 is 5.74. The van der Waals surface area contributed by atoms with Crippen LogP contribution in [0.25, 0.3) is 0 Å². The molecule has 0 aliphatic carbocycles. The quantitative estimate of drug-likeness (QED) is 0.498. The maximum absolute atomic E-state index is 12.1. The van der Waals surface area contributed by atoms with Crippen LogP contribution in [0.2, 0.25) is 5.02 Å². The van der Waals surface area contributed by atoms with Gasteiger partial charge in [0.2, 0.25) is 0 Å². The highest BCUT2D eigenvalue weighted by atomic mass is 35.5. The number of ether oxygens (including phenoxy) is 1. The van der Waals surface area contributed by atoms with Crippen molar-refractivity contribution in [1.82, 2.24) is 5.32 Å². The predicted octanol–water partition coefficient (Wildman–Crippen LogP) is 2.47. The lowest BCUT2D eigenvalue weighted by Crippen LogP contribution is -2.38. The van der Waals surface area contributed by atoms with Crippen LogP contribution in [0.5, 0.6) is 5.75 Å². The molecule has 0 bridgehead atoms. The first-order valence-corrected chi connectivity index (χ1v) is 7.13. The Morgan fingerprint density at radius 1 is 1.22 bits per heavy atom. The Bertz CT molecular complexity index is 694. The van der Waals surface area contributed by atoms with E-state index in [1.807, 2.05) is 0 Å². The smallest absolute Gasteiger partial charge is 0.323 e. The first kappa shape index (κ1) is 16.8. The van der Waals surface area contributed by atoms with E-state index in [0.717, 1.165) is 0 Å². The van der Waals surface area contributed by atoms with Crippen molar-refractivity contribution in [2.75, 3.05) is 6.54 Å². The summed E-state index contributed by atoms with van der Waals surface area (Å²) in [7, 11) is 0. The molecule has 0 fully saturated rings. The van der Waals surface area contributed by atoms with Gasteiger partial charge < -0.3 is 14.5 Å². The van der Waals surface area contributed by atoms with Gasteiger partial charge in [-0.15, -0.1) is 0 Å². The lowest BCUT2D eigenvalue weighted by Gasteiger charge is -2.13. The summed E-state index contributed by atoms with van der Waals surface area (Å²) in [6, 6.07) is 7.63. The Morgan fingerprint density at radius 3 is 2.48 bits per heavy atom. The second-order valence-corrected chi connectivity index (χ2v) is 5.20. The zero-order valence-corrected chi connectivity index (χ0v) is 13.0. The van der Waals surface area contributed by atoms with Crippen LogP contribution in [-0.4, -0.2) is 24.2 Å². The van der Waals surface area contributed by atoms with Crippen molar-refractivity contribution in [2.24, 2.45) is 5.92 Å². The van der Waals surface area contributed by atoms with Gasteiger partial charge in [0.05, 0.1) is 11.8 Å². The van der Waals surface area contributed by atoms with Gasteiger partial charge >= 0.3 is 5.97 Å². The molecule has 1 N–H and O–H groups in total. The number of amides is 1. The van der Waals surface area contributed by atoms with Crippen molar-refractivity contribution in [3.05, 3.63) is 53.4 Å². The van der Waals surface area contributed by atoms with Gasteiger partial charge in [0.15, 0.2) is 0 Å². The van der Waals surface area contributed by atoms with Gasteiger partial charge in [0.25, 0.3) is 5.91 Å². The normalized spacial score (nSPS) is 11.6. The van der Waals surface area contributed by atoms with Crippen molar-refractivity contribution in [3.8, 4) is 5.75 Å². The van der Waals surface area contributed by atoms with Gasteiger partial charge in [0.1, 0.15) is 23.7 Å². The van der Waals surface area contributed by atoms with Gasteiger partial charge in [-0.05, 0) is 37.3 Å². The number of carbonyl (C=O) groups is 3. The molecule has 23 heavy (non-hydrogen) atoms. The molecule has 2 rings (SSSR count). The molecule has 1 atom stereocenters. The van der Waals surface area contributed by atoms with Crippen molar-refractivity contribution in [2.45, 2.75) is 6.92 Å².